The average Bonchev–Trinajstić information content (AvgIpc) is 2.81. The number of nitrogens with zero attached hydrogens (tertiary/aromatic N) is 1. The Morgan fingerprint density at radius 1 is 1.37 bits per heavy atom. The Bertz CT molecular complexity index is 558. The molecule has 0 aliphatic carbocycles. The van der Waals surface area contributed by atoms with Gasteiger partial charge in [0.1, 0.15) is 6.04 Å². The fourth-order valence-corrected chi connectivity index (χ4v) is 3.85. The van der Waals surface area contributed by atoms with Gasteiger partial charge in [-0.1, -0.05) is 18.2 Å². The van der Waals surface area contributed by atoms with Crippen molar-refractivity contribution in [1.29, 1.82) is 0 Å². The van der Waals surface area contributed by atoms with Crippen LogP contribution in [0.4, 0.5) is 0 Å². The zero-order valence-electron chi connectivity index (χ0n) is 10.5. The molecule has 1 aromatic carbocycles. The quantitative estimate of drug-likeness (QED) is 0.786. The standard InChI is InChI=1S/C12H16N2O4S/c1-18-12(15)11-7-9(13)8-14(11)19(16,17)10-5-3-2-4-6-10/h2-6,9,11H,7-8,13H2,1H3/t9-,11-/m0/s1. The van der Waals surface area contributed by atoms with Crippen LogP contribution in [0.3, 0.4) is 0 Å². The van der Waals surface area contributed by atoms with Crippen molar-refractivity contribution in [2.45, 2.75) is 23.4 Å². The molecule has 19 heavy (non-hydrogen) atoms. The molecule has 0 aromatic heterocycles. The van der Waals surface area contributed by atoms with Gasteiger partial charge in [0, 0.05) is 12.6 Å². The molecule has 2 rings (SSSR count). The zero-order chi connectivity index (χ0) is 14.0. The minimum atomic E-state index is -3.72. The summed E-state index contributed by atoms with van der Waals surface area (Å²) < 4.78 is 30.7. The second-order valence-electron chi connectivity index (χ2n) is 4.42. The summed E-state index contributed by atoms with van der Waals surface area (Å²) in [5, 5.41) is 0. The van der Waals surface area contributed by atoms with Crippen molar-refractivity contribution < 1.29 is 17.9 Å². The molecule has 0 saturated carbocycles. The highest BCUT2D eigenvalue weighted by Gasteiger charge is 2.43. The average molecular weight is 284 g/mol. The highest BCUT2D eigenvalue weighted by atomic mass is 32.2. The Morgan fingerprint density at radius 2 is 2.00 bits per heavy atom. The second-order valence-corrected chi connectivity index (χ2v) is 6.31. The van der Waals surface area contributed by atoms with Crippen molar-refractivity contribution in [3.63, 3.8) is 0 Å². The monoisotopic (exact) mass is 284 g/mol. The van der Waals surface area contributed by atoms with E-state index >= 15 is 0 Å². The van der Waals surface area contributed by atoms with Crippen LogP contribution in [-0.2, 0) is 19.6 Å². The molecule has 1 fully saturated rings. The lowest BCUT2D eigenvalue weighted by atomic mass is 10.2. The van der Waals surface area contributed by atoms with Crippen molar-refractivity contribution in [2.75, 3.05) is 13.7 Å². The maximum atomic E-state index is 12.5. The van der Waals surface area contributed by atoms with Gasteiger partial charge in [-0.25, -0.2) is 8.42 Å². The third-order valence-electron chi connectivity index (χ3n) is 3.11. The number of hydrogen-bond donors (Lipinski definition) is 1. The Hall–Kier alpha value is -1.44. The lowest BCUT2D eigenvalue weighted by molar-refractivity contribution is -0.144. The van der Waals surface area contributed by atoms with Gasteiger partial charge >= 0.3 is 5.97 Å². The van der Waals surface area contributed by atoms with Crippen LogP contribution in [0.15, 0.2) is 35.2 Å². The molecule has 0 radical (unpaired) electrons. The number of carbonyl (C=O) groups excluding carboxylic acids is 1. The Labute approximate surface area is 112 Å². The van der Waals surface area contributed by atoms with Crippen molar-refractivity contribution in [2.24, 2.45) is 5.73 Å². The van der Waals surface area contributed by atoms with Crippen LogP contribution in [0, 0.1) is 0 Å². The molecule has 1 aliphatic heterocycles. The summed E-state index contributed by atoms with van der Waals surface area (Å²) in [4.78, 5) is 11.8. The first-order valence-corrected chi connectivity index (χ1v) is 7.31. The van der Waals surface area contributed by atoms with Gasteiger partial charge in [0.25, 0.3) is 0 Å². The normalized spacial score (nSPS) is 24.3. The van der Waals surface area contributed by atoms with Crippen molar-refractivity contribution in [3.05, 3.63) is 30.3 Å². The fraction of sp³-hybridized carbons (Fsp3) is 0.417. The summed E-state index contributed by atoms with van der Waals surface area (Å²) in [6, 6.07) is 6.78. The molecular weight excluding hydrogens is 268 g/mol. The molecule has 7 heteroatoms. The second kappa shape index (κ2) is 5.28. The van der Waals surface area contributed by atoms with Crippen LogP contribution in [0.5, 0.6) is 0 Å². The molecule has 104 valence electrons. The van der Waals surface area contributed by atoms with E-state index in [4.69, 9.17) is 5.73 Å². The van der Waals surface area contributed by atoms with Crippen molar-refractivity contribution in [1.82, 2.24) is 4.31 Å². The maximum Gasteiger partial charge on any atom is 0.324 e. The molecule has 1 heterocycles. The van der Waals surface area contributed by atoms with E-state index in [-0.39, 0.29) is 23.9 Å². The van der Waals surface area contributed by atoms with Gasteiger partial charge in [0.15, 0.2) is 0 Å². The van der Waals surface area contributed by atoms with Gasteiger partial charge in [-0.2, -0.15) is 4.31 Å². The number of carbonyl (C=O) groups is 1. The van der Waals surface area contributed by atoms with Gasteiger partial charge in [0.05, 0.1) is 12.0 Å². The van der Waals surface area contributed by atoms with Crippen LogP contribution >= 0.6 is 0 Å². The number of nitrogens with two attached hydrogens (primary N) is 1. The summed E-state index contributed by atoms with van der Waals surface area (Å²) in [5.74, 6) is -0.576. The van der Waals surface area contributed by atoms with Gasteiger partial charge in [-0.3, -0.25) is 4.79 Å². The maximum absolute atomic E-state index is 12.5. The van der Waals surface area contributed by atoms with Crippen molar-refractivity contribution in [3.8, 4) is 0 Å². The molecule has 1 saturated heterocycles. The largest absolute Gasteiger partial charge is 0.468 e. The van der Waals surface area contributed by atoms with E-state index in [1.54, 1.807) is 18.2 Å². The summed E-state index contributed by atoms with van der Waals surface area (Å²) in [7, 11) is -2.49. The molecule has 0 spiro atoms. The van der Waals surface area contributed by atoms with E-state index in [0.29, 0.717) is 0 Å². The summed E-state index contributed by atoms with van der Waals surface area (Å²) >= 11 is 0. The Kier molecular flexibility index (Phi) is 3.88. The molecule has 0 bridgehead atoms. The molecule has 1 aromatic rings. The smallest absolute Gasteiger partial charge is 0.324 e. The third-order valence-corrected chi connectivity index (χ3v) is 5.00. The van der Waals surface area contributed by atoms with E-state index in [1.807, 2.05) is 0 Å². The van der Waals surface area contributed by atoms with Gasteiger partial charge in [0.2, 0.25) is 10.0 Å². The third kappa shape index (κ3) is 2.63. The summed E-state index contributed by atoms with van der Waals surface area (Å²) in [6.07, 6.45) is 0.277. The predicted molar refractivity (Wildman–Crippen MR) is 68.7 cm³/mol. The first-order chi connectivity index (χ1) is 8.96. The Balaban J connectivity index is 2.36. The van der Waals surface area contributed by atoms with Crippen molar-refractivity contribution >= 4 is 16.0 Å². The topological polar surface area (TPSA) is 89.7 Å². The number of benzene rings is 1. The highest BCUT2D eigenvalue weighted by molar-refractivity contribution is 7.89. The number of esters is 1. The van der Waals surface area contributed by atoms with Crippen LogP contribution < -0.4 is 5.73 Å². The van der Waals surface area contributed by atoms with Gasteiger partial charge in [-0.15, -0.1) is 0 Å². The van der Waals surface area contributed by atoms with Crippen LogP contribution in [0.2, 0.25) is 0 Å². The molecule has 2 N–H and O–H groups in total. The lowest BCUT2D eigenvalue weighted by Crippen LogP contribution is -2.41. The first kappa shape index (κ1) is 14.0. The molecule has 0 unspecified atom stereocenters. The predicted octanol–water partition coefficient (Wildman–Crippen LogP) is -0.0501. The summed E-state index contributed by atoms with van der Waals surface area (Å²) in [5.41, 5.74) is 5.77. The van der Waals surface area contributed by atoms with Gasteiger partial charge in [-0.05, 0) is 18.6 Å². The highest BCUT2D eigenvalue weighted by Crippen LogP contribution is 2.26. The van der Waals surface area contributed by atoms with E-state index in [2.05, 4.69) is 4.74 Å². The van der Waals surface area contributed by atoms with E-state index in [0.717, 1.165) is 4.31 Å². The fourth-order valence-electron chi connectivity index (χ4n) is 2.18. The first-order valence-electron chi connectivity index (χ1n) is 5.87. The number of rotatable bonds is 3. The zero-order valence-corrected chi connectivity index (χ0v) is 11.3. The van der Waals surface area contributed by atoms with E-state index < -0.39 is 22.0 Å². The molecule has 6 nitrogen and oxygen atoms in total. The number of methoxy groups -OCH3 is 1. The van der Waals surface area contributed by atoms with Crippen LogP contribution in [0.25, 0.3) is 0 Å². The minimum absolute atomic E-state index is 0.122. The SMILES string of the molecule is COC(=O)[C@@H]1C[C@H](N)CN1S(=O)(=O)c1ccccc1. The van der Waals surface area contributed by atoms with E-state index in [1.165, 1.54) is 19.2 Å². The number of sulfonamides is 1. The summed E-state index contributed by atoms with van der Waals surface area (Å²) in [6.45, 7) is 0.122. The molecule has 0 amide bonds. The number of ether oxygens (including phenoxy) is 1. The molecule has 2 atom stereocenters. The van der Waals surface area contributed by atoms with Gasteiger partial charge < -0.3 is 10.5 Å². The van der Waals surface area contributed by atoms with Crippen LogP contribution in [0.1, 0.15) is 6.42 Å². The Morgan fingerprint density at radius 3 is 2.58 bits per heavy atom. The lowest BCUT2D eigenvalue weighted by Gasteiger charge is -2.21. The minimum Gasteiger partial charge on any atom is -0.468 e. The molecule has 1 aliphatic rings. The molecular formula is C12H16N2O4S. The van der Waals surface area contributed by atoms with Crippen LogP contribution in [-0.4, -0.2) is 44.4 Å². The number of hydrogen-bond acceptors (Lipinski definition) is 5. The van der Waals surface area contributed by atoms with E-state index in [9.17, 15) is 13.2 Å².